The number of amides is 1. The maximum Gasteiger partial charge on any atom is 0.269 e. The molecule has 0 radical (unpaired) electrons. The zero-order valence-corrected chi connectivity index (χ0v) is 14.9. The van der Waals surface area contributed by atoms with Gasteiger partial charge in [-0.1, -0.05) is 23.5 Å². The molecule has 2 aromatic rings. The lowest BCUT2D eigenvalue weighted by atomic mass is 10.1. The van der Waals surface area contributed by atoms with Crippen molar-refractivity contribution in [1.82, 2.24) is 14.9 Å². The Morgan fingerprint density at radius 2 is 1.96 bits per heavy atom. The molecule has 0 bridgehead atoms. The van der Waals surface area contributed by atoms with Crippen LogP contribution >= 0.6 is 11.3 Å². The molecule has 2 rings (SSSR count). The monoisotopic (exact) mass is 370 g/mol. The molecule has 0 saturated carbocycles. The number of sulfonamides is 1. The lowest BCUT2D eigenvalue weighted by Crippen LogP contribution is -2.25. The second-order valence-electron chi connectivity index (χ2n) is 4.90. The van der Waals surface area contributed by atoms with Gasteiger partial charge in [-0.2, -0.15) is 0 Å². The molecular formula is C14H18N4O4S2. The average molecular weight is 370 g/mol. The Balaban J connectivity index is 1.83. The van der Waals surface area contributed by atoms with E-state index in [0.29, 0.717) is 6.42 Å². The van der Waals surface area contributed by atoms with Gasteiger partial charge in [-0.25, -0.2) is 13.1 Å². The summed E-state index contributed by atoms with van der Waals surface area (Å²) >= 11 is 0.808. The summed E-state index contributed by atoms with van der Waals surface area (Å²) in [7, 11) is -2.11. The first kappa shape index (κ1) is 18.3. The number of ether oxygens (including phenoxy) is 1. The van der Waals surface area contributed by atoms with E-state index in [9.17, 15) is 13.2 Å². The van der Waals surface area contributed by atoms with Crippen LogP contribution in [0.2, 0.25) is 0 Å². The number of aromatic nitrogens is 2. The smallest absolute Gasteiger partial charge is 0.269 e. The number of anilines is 1. The maximum atomic E-state index is 12.1. The number of nitrogens with zero attached hydrogens (tertiary/aromatic N) is 2. The third-order valence-corrected chi connectivity index (χ3v) is 5.68. The molecule has 0 aliphatic heterocycles. The van der Waals surface area contributed by atoms with Crippen LogP contribution in [0.15, 0.2) is 28.6 Å². The zero-order chi connectivity index (χ0) is 17.6. The number of aryl methyl sites for hydroxylation is 1. The second-order valence-corrected chi connectivity index (χ2v) is 7.82. The van der Waals surface area contributed by atoms with Crippen LogP contribution in [0.1, 0.15) is 18.9 Å². The Labute approximate surface area is 144 Å². The third-order valence-electron chi connectivity index (χ3n) is 3.01. The van der Waals surface area contributed by atoms with Crippen LogP contribution in [0.4, 0.5) is 5.13 Å². The molecule has 0 unspecified atom stereocenters. The molecule has 24 heavy (non-hydrogen) atoms. The number of hydrogen-bond donors (Lipinski definition) is 2. The molecule has 10 heteroatoms. The van der Waals surface area contributed by atoms with Gasteiger partial charge in [0.2, 0.25) is 15.4 Å². The molecule has 0 atom stereocenters. The maximum absolute atomic E-state index is 12.1. The summed E-state index contributed by atoms with van der Waals surface area (Å²) in [5, 5.41) is 9.76. The minimum Gasteiger partial charge on any atom is -0.497 e. The Bertz CT molecular complexity index is 787. The first-order valence-electron chi connectivity index (χ1n) is 7.14. The Morgan fingerprint density at radius 3 is 2.58 bits per heavy atom. The van der Waals surface area contributed by atoms with E-state index in [1.807, 2.05) is 24.3 Å². The summed E-state index contributed by atoms with van der Waals surface area (Å²) in [4.78, 5) is 10.9. The topological polar surface area (TPSA) is 110 Å². The van der Waals surface area contributed by atoms with Crippen LogP contribution < -0.4 is 14.8 Å². The number of rotatable bonds is 8. The SMILES string of the molecule is COc1ccc(CCCNS(=O)(=O)c2nnc(NC(C)=O)s2)cc1. The molecule has 130 valence electrons. The molecule has 1 aromatic carbocycles. The Hall–Kier alpha value is -2.04. The quantitative estimate of drug-likeness (QED) is 0.537. The molecule has 0 saturated heterocycles. The number of methoxy groups -OCH3 is 1. The van der Waals surface area contributed by atoms with Crippen molar-refractivity contribution in [1.29, 1.82) is 0 Å². The van der Waals surface area contributed by atoms with Gasteiger partial charge in [-0.05, 0) is 30.5 Å². The molecular weight excluding hydrogens is 352 g/mol. The zero-order valence-electron chi connectivity index (χ0n) is 13.3. The Kier molecular flexibility index (Phi) is 6.23. The standard InChI is InChI=1S/C14H18N4O4S2/c1-10(19)16-13-17-18-14(23-13)24(20,21)15-9-3-4-11-5-7-12(22-2)8-6-11/h5-8,15H,3-4,9H2,1-2H3,(H,16,17,19). The van der Waals surface area contributed by atoms with Crippen LogP contribution in [0, 0.1) is 0 Å². The minimum atomic E-state index is -3.72. The van der Waals surface area contributed by atoms with Gasteiger partial charge >= 0.3 is 0 Å². The second kappa shape index (κ2) is 8.18. The fourth-order valence-corrected chi connectivity index (χ4v) is 3.93. The predicted molar refractivity (Wildman–Crippen MR) is 90.7 cm³/mol. The minimum absolute atomic E-state index is 0.154. The van der Waals surface area contributed by atoms with E-state index in [0.717, 1.165) is 29.1 Å². The molecule has 0 fully saturated rings. The van der Waals surface area contributed by atoms with Crippen molar-refractivity contribution in [2.75, 3.05) is 19.0 Å². The van der Waals surface area contributed by atoms with Crippen molar-refractivity contribution in [3.8, 4) is 5.75 Å². The van der Waals surface area contributed by atoms with Gasteiger partial charge in [-0.3, -0.25) is 4.79 Å². The highest BCUT2D eigenvalue weighted by molar-refractivity contribution is 7.91. The summed E-state index contributed by atoms with van der Waals surface area (Å²) in [6, 6.07) is 7.62. The van der Waals surface area contributed by atoms with Crippen molar-refractivity contribution in [2.24, 2.45) is 0 Å². The lowest BCUT2D eigenvalue weighted by molar-refractivity contribution is -0.114. The van der Waals surface area contributed by atoms with Crippen molar-refractivity contribution in [3.05, 3.63) is 29.8 Å². The summed E-state index contributed by atoms with van der Waals surface area (Å²) in [5.41, 5.74) is 1.10. The van der Waals surface area contributed by atoms with E-state index in [2.05, 4.69) is 20.2 Å². The molecule has 0 spiro atoms. The van der Waals surface area contributed by atoms with E-state index in [-0.39, 0.29) is 21.9 Å². The van der Waals surface area contributed by atoms with E-state index < -0.39 is 10.0 Å². The van der Waals surface area contributed by atoms with Crippen molar-refractivity contribution >= 4 is 32.4 Å². The summed E-state index contributed by atoms with van der Waals surface area (Å²) in [6.07, 6.45) is 1.38. The van der Waals surface area contributed by atoms with Gasteiger partial charge in [0.1, 0.15) is 5.75 Å². The number of carbonyl (C=O) groups excluding carboxylic acids is 1. The predicted octanol–water partition coefficient (Wildman–Crippen LogP) is 1.42. The van der Waals surface area contributed by atoms with Crippen molar-refractivity contribution in [3.63, 3.8) is 0 Å². The van der Waals surface area contributed by atoms with Crippen LogP contribution in [0.5, 0.6) is 5.75 Å². The van der Waals surface area contributed by atoms with E-state index in [1.165, 1.54) is 6.92 Å². The first-order chi connectivity index (χ1) is 11.4. The molecule has 1 aromatic heterocycles. The highest BCUT2D eigenvalue weighted by Gasteiger charge is 2.19. The highest BCUT2D eigenvalue weighted by Crippen LogP contribution is 2.19. The largest absolute Gasteiger partial charge is 0.497 e. The highest BCUT2D eigenvalue weighted by atomic mass is 32.2. The van der Waals surface area contributed by atoms with Crippen molar-refractivity contribution < 1.29 is 17.9 Å². The molecule has 0 aliphatic rings. The fourth-order valence-electron chi connectivity index (χ4n) is 1.87. The average Bonchev–Trinajstić information content (AvgIpc) is 3.01. The molecule has 1 amide bonds. The van der Waals surface area contributed by atoms with Crippen molar-refractivity contribution in [2.45, 2.75) is 24.1 Å². The number of hydrogen-bond acceptors (Lipinski definition) is 7. The molecule has 8 nitrogen and oxygen atoms in total. The van der Waals surface area contributed by atoms with Gasteiger partial charge in [0.05, 0.1) is 7.11 Å². The van der Waals surface area contributed by atoms with Crippen LogP contribution in [0.3, 0.4) is 0 Å². The number of carbonyl (C=O) groups is 1. The van der Waals surface area contributed by atoms with Gasteiger partial charge < -0.3 is 10.1 Å². The molecule has 0 aliphatic carbocycles. The number of nitrogens with one attached hydrogen (secondary N) is 2. The first-order valence-corrected chi connectivity index (χ1v) is 9.44. The number of benzene rings is 1. The molecule has 1 heterocycles. The van der Waals surface area contributed by atoms with E-state index in [4.69, 9.17) is 4.74 Å². The summed E-state index contributed by atoms with van der Waals surface area (Å²) in [6.45, 7) is 1.59. The summed E-state index contributed by atoms with van der Waals surface area (Å²) in [5.74, 6) is 0.452. The molecule has 2 N–H and O–H groups in total. The fraction of sp³-hybridized carbons (Fsp3) is 0.357. The lowest BCUT2D eigenvalue weighted by Gasteiger charge is -2.05. The van der Waals surface area contributed by atoms with Gasteiger partial charge in [-0.15, -0.1) is 10.2 Å². The van der Waals surface area contributed by atoms with Crippen LogP contribution in [-0.4, -0.2) is 38.2 Å². The Morgan fingerprint density at radius 1 is 1.25 bits per heavy atom. The van der Waals surface area contributed by atoms with Crippen LogP contribution in [0.25, 0.3) is 0 Å². The van der Waals surface area contributed by atoms with Crippen LogP contribution in [-0.2, 0) is 21.2 Å². The van der Waals surface area contributed by atoms with Gasteiger partial charge in [0.25, 0.3) is 10.0 Å². The third kappa shape index (κ3) is 5.25. The van der Waals surface area contributed by atoms with E-state index >= 15 is 0 Å². The van der Waals surface area contributed by atoms with E-state index in [1.54, 1.807) is 7.11 Å². The van der Waals surface area contributed by atoms with Gasteiger partial charge in [0.15, 0.2) is 0 Å². The van der Waals surface area contributed by atoms with Gasteiger partial charge in [0, 0.05) is 13.5 Å². The summed E-state index contributed by atoms with van der Waals surface area (Å²) < 4.78 is 31.6. The normalized spacial score (nSPS) is 11.2.